The molecule has 1 heterocycles. The Balaban J connectivity index is 2.51. The lowest BCUT2D eigenvalue weighted by atomic mass is 10.1. The van der Waals surface area contributed by atoms with E-state index in [0.717, 1.165) is 4.88 Å². The summed E-state index contributed by atoms with van der Waals surface area (Å²) in [7, 11) is 0. The monoisotopic (exact) mass is 201 g/mol. The predicted molar refractivity (Wildman–Crippen MR) is 49.5 cm³/mol. The van der Waals surface area contributed by atoms with Crippen molar-refractivity contribution in [2.45, 2.75) is 18.6 Å². The molecule has 0 amide bonds. The molecule has 72 valence electrons. The first-order chi connectivity index (χ1) is 6.11. The molecule has 1 aromatic rings. The fraction of sp³-hybridized carbons (Fsp3) is 0.375. The molecule has 0 aromatic carbocycles. The number of nitrogens with two attached hydrogens (primary N) is 1. The number of rotatable bonds is 4. The van der Waals surface area contributed by atoms with Gasteiger partial charge in [-0.05, 0) is 11.4 Å². The molecular weight excluding hydrogens is 190 g/mol. The molecule has 0 unspecified atom stereocenters. The number of carboxylic acid groups (broad SMARTS) is 1. The van der Waals surface area contributed by atoms with Crippen LogP contribution in [0, 0.1) is 0 Å². The normalized spacial score (nSPS) is 15.2. The maximum absolute atomic E-state index is 10.4. The zero-order valence-electron chi connectivity index (χ0n) is 6.88. The van der Waals surface area contributed by atoms with Crippen molar-refractivity contribution in [1.82, 2.24) is 0 Å². The Morgan fingerprint density at radius 1 is 1.69 bits per heavy atom. The van der Waals surface area contributed by atoms with Crippen LogP contribution in [0.25, 0.3) is 0 Å². The Labute approximate surface area is 79.6 Å². The predicted octanol–water partition coefficient (Wildman–Crippen LogP) is 0.584. The molecule has 0 bridgehead atoms. The molecule has 0 aliphatic heterocycles. The minimum absolute atomic E-state index is 0.0514. The lowest BCUT2D eigenvalue weighted by molar-refractivity contribution is -0.139. The maximum atomic E-state index is 10.4. The van der Waals surface area contributed by atoms with Crippen LogP contribution < -0.4 is 5.73 Å². The molecule has 5 heteroatoms. The zero-order chi connectivity index (χ0) is 9.84. The smallest absolute Gasteiger partial charge is 0.320 e. The van der Waals surface area contributed by atoms with E-state index in [4.69, 9.17) is 10.8 Å². The molecule has 0 radical (unpaired) electrons. The van der Waals surface area contributed by atoms with Crippen molar-refractivity contribution in [3.05, 3.63) is 22.4 Å². The van der Waals surface area contributed by atoms with E-state index in [1.807, 2.05) is 5.38 Å². The zero-order valence-corrected chi connectivity index (χ0v) is 7.70. The summed E-state index contributed by atoms with van der Waals surface area (Å²) in [5, 5.41) is 19.8. The van der Waals surface area contributed by atoms with E-state index < -0.39 is 18.1 Å². The third-order valence-corrected chi connectivity index (χ3v) is 2.64. The average Bonchev–Trinajstić information content (AvgIpc) is 2.55. The molecule has 0 saturated heterocycles. The lowest BCUT2D eigenvalue weighted by Gasteiger charge is -2.11. The highest BCUT2D eigenvalue weighted by molar-refractivity contribution is 7.10. The van der Waals surface area contributed by atoms with Gasteiger partial charge in [0.2, 0.25) is 0 Å². The number of carbonyl (C=O) groups is 1. The van der Waals surface area contributed by atoms with Crippen LogP contribution >= 0.6 is 11.3 Å². The first-order valence-electron chi connectivity index (χ1n) is 3.81. The van der Waals surface area contributed by atoms with E-state index in [1.165, 1.54) is 11.3 Å². The first-order valence-corrected chi connectivity index (χ1v) is 4.69. The van der Waals surface area contributed by atoms with E-state index in [-0.39, 0.29) is 6.42 Å². The number of carboxylic acids is 1. The van der Waals surface area contributed by atoms with Crippen LogP contribution in [0.3, 0.4) is 0 Å². The number of aliphatic hydroxyl groups excluding tert-OH is 1. The van der Waals surface area contributed by atoms with Crippen LogP contribution in [-0.4, -0.2) is 22.2 Å². The largest absolute Gasteiger partial charge is 0.480 e. The number of aliphatic carboxylic acids is 1. The number of thiophene rings is 1. The SMILES string of the molecule is N[C@@H](C[C@@H](O)c1cccs1)C(=O)O. The molecule has 1 aromatic heterocycles. The quantitative estimate of drug-likeness (QED) is 0.665. The molecule has 13 heavy (non-hydrogen) atoms. The third kappa shape index (κ3) is 2.80. The molecule has 0 aliphatic rings. The highest BCUT2D eigenvalue weighted by Crippen LogP contribution is 2.22. The van der Waals surface area contributed by atoms with Crippen LogP contribution in [-0.2, 0) is 4.79 Å². The van der Waals surface area contributed by atoms with Gasteiger partial charge in [-0.25, -0.2) is 0 Å². The van der Waals surface area contributed by atoms with Gasteiger partial charge in [0.1, 0.15) is 6.04 Å². The van der Waals surface area contributed by atoms with Gasteiger partial charge >= 0.3 is 5.97 Å². The molecule has 1 rings (SSSR count). The van der Waals surface area contributed by atoms with Gasteiger partial charge < -0.3 is 15.9 Å². The number of hydrogen-bond donors (Lipinski definition) is 3. The van der Waals surface area contributed by atoms with Gasteiger partial charge in [0.05, 0.1) is 6.10 Å². The van der Waals surface area contributed by atoms with Crippen LogP contribution in [0.1, 0.15) is 17.4 Å². The fourth-order valence-corrected chi connectivity index (χ4v) is 1.66. The van der Waals surface area contributed by atoms with Crippen molar-refractivity contribution in [3.63, 3.8) is 0 Å². The topological polar surface area (TPSA) is 83.5 Å². The maximum Gasteiger partial charge on any atom is 0.320 e. The van der Waals surface area contributed by atoms with Crippen molar-refractivity contribution in [1.29, 1.82) is 0 Å². The second-order valence-electron chi connectivity index (χ2n) is 2.71. The van der Waals surface area contributed by atoms with Crippen molar-refractivity contribution in [3.8, 4) is 0 Å². The van der Waals surface area contributed by atoms with E-state index in [9.17, 15) is 9.90 Å². The summed E-state index contributed by atoms with van der Waals surface area (Å²) in [6.07, 6.45) is -0.721. The van der Waals surface area contributed by atoms with Crippen LogP contribution in [0.15, 0.2) is 17.5 Å². The minimum atomic E-state index is -1.09. The Morgan fingerprint density at radius 2 is 2.38 bits per heavy atom. The van der Waals surface area contributed by atoms with Gasteiger partial charge in [0, 0.05) is 11.3 Å². The van der Waals surface area contributed by atoms with Crippen LogP contribution in [0.4, 0.5) is 0 Å². The average molecular weight is 201 g/mol. The molecule has 0 aliphatic carbocycles. The Hall–Kier alpha value is -0.910. The Kier molecular flexibility index (Phi) is 3.41. The second kappa shape index (κ2) is 4.36. The summed E-state index contributed by atoms with van der Waals surface area (Å²) in [6.45, 7) is 0. The second-order valence-corrected chi connectivity index (χ2v) is 3.69. The summed E-state index contributed by atoms with van der Waals surface area (Å²) in [4.78, 5) is 11.1. The van der Waals surface area contributed by atoms with E-state index >= 15 is 0 Å². The molecule has 2 atom stereocenters. The summed E-state index contributed by atoms with van der Waals surface area (Å²) in [5.74, 6) is -1.09. The van der Waals surface area contributed by atoms with Crippen molar-refractivity contribution in [2.75, 3.05) is 0 Å². The van der Waals surface area contributed by atoms with Crippen molar-refractivity contribution >= 4 is 17.3 Å². The standard InChI is InChI=1S/C8H11NO3S/c9-5(8(11)12)4-6(10)7-2-1-3-13-7/h1-3,5-6,10H,4,9H2,(H,11,12)/t5-,6+/m0/s1. The summed E-state index contributed by atoms with van der Waals surface area (Å²) in [6, 6.07) is 2.55. The van der Waals surface area contributed by atoms with Gasteiger partial charge in [-0.1, -0.05) is 6.07 Å². The molecule has 0 saturated carbocycles. The van der Waals surface area contributed by atoms with E-state index in [1.54, 1.807) is 12.1 Å². The Bertz CT molecular complexity index is 273. The van der Waals surface area contributed by atoms with Crippen molar-refractivity contribution in [2.24, 2.45) is 5.73 Å². The van der Waals surface area contributed by atoms with E-state index in [2.05, 4.69) is 0 Å². The van der Waals surface area contributed by atoms with Gasteiger partial charge in [-0.3, -0.25) is 4.79 Å². The van der Waals surface area contributed by atoms with Gasteiger partial charge in [-0.15, -0.1) is 11.3 Å². The molecule has 4 nitrogen and oxygen atoms in total. The number of aliphatic hydroxyl groups is 1. The highest BCUT2D eigenvalue weighted by Gasteiger charge is 2.18. The molecular formula is C8H11NO3S. The molecule has 0 fully saturated rings. The highest BCUT2D eigenvalue weighted by atomic mass is 32.1. The summed E-state index contributed by atoms with van der Waals surface area (Å²) >= 11 is 1.39. The minimum Gasteiger partial charge on any atom is -0.480 e. The lowest BCUT2D eigenvalue weighted by Crippen LogP contribution is -2.31. The van der Waals surface area contributed by atoms with Crippen LogP contribution in [0.2, 0.25) is 0 Å². The fourth-order valence-electron chi connectivity index (χ4n) is 0.938. The van der Waals surface area contributed by atoms with Gasteiger partial charge in [0.25, 0.3) is 0 Å². The molecule has 0 spiro atoms. The molecule has 4 N–H and O–H groups in total. The first kappa shape index (κ1) is 10.2. The van der Waals surface area contributed by atoms with E-state index in [0.29, 0.717) is 0 Å². The number of hydrogen-bond acceptors (Lipinski definition) is 4. The third-order valence-electron chi connectivity index (χ3n) is 1.67. The van der Waals surface area contributed by atoms with Gasteiger partial charge in [-0.2, -0.15) is 0 Å². The van der Waals surface area contributed by atoms with Crippen LogP contribution in [0.5, 0.6) is 0 Å². The summed E-state index contributed by atoms with van der Waals surface area (Å²) < 4.78 is 0. The van der Waals surface area contributed by atoms with Gasteiger partial charge in [0.15, 0.2) is 0 Å². The van der Waals surface area contributed by atoms with Crippen molar-refractivity contribution < 1.29 is 15.0 Å². The Morgan fingerprint density at radius 3 is 2.85 bits per heavy atom. The summed E-state index contributed by atoms with van der Waals surface area (Å²) in [5.41, 5.74) is 5.27.